The van der Waals surface area contributed by atoms with Crippen molar-refractivity contribution in [2.24, 2.45) is 0 Å². The third kappa shape index (κ3) is 2.89. The zero-order valence-electron chi connectivity index (χ0n) is 10.2. The van der Waals surface area contributed by atoms with Crippen LogP contribution in [0.4, 0.5) is 11.5 Å². The van der Waals surface area contributed by atoms with Crippen LogP contribution in [0.2, 0.25) is 0 Å². The van der Waals surface area contributed by atoms with Crippen molar-refractivity contribution in [3.05, 3.63) is 17.8 Å². The number of aromatic carboxylic acids is 1. The maximum atomic E-state index is 10.9. The molecule has 2 heterocycles. The molecule has 0 saturated carbocycles. The Balaban J connectivity index is 2.12. The fourth-order valence-electron chi connectivity index (χ4n) is 2.03. The molecule has 1 aliphatic rings. The number of anilines is 2. The standard InChI is InChI=1S/C12H17N3O3/c1-7-6-8(4-5-18-7)14-11-9(13)2-3-10(15-11)12(16)17/h2-3,7-8H,4-6,13H2,1H3,(H,14,15)(H,16,17). The van der Waals surface area contributed by atoms with Gasteiger partial charge in [0.15, 0.2) is 5.69 Å². The number of hydrogen-bond donors (Lipinski definition) is 3. The fraction of sp³-hybridized carbons (Fsp3) is 0.500. The van der Waals surface area contributed by atoms with E-state index in [0.717, 1.165) is 12.8 Å². The molecule has 0 radical (unpaired) electrons. The molecule has 4 N–H and O–H groups in total. The third-order valence-corrected chi connectivity index (χ3v) is 2.97. The van der Waals surface area contributed by atoms with Crippen LogP contribution in [-0.4, -0.2) is 34.8 Å². The first-order valence-electron chi connectivity index (χ1n) is 5.94. The average molecular weight is 251 g/mol. The summed E-state index contributed by atoms with van der Waals surface area (Å²) in [6.45, 7) is 2.70. The van der Waals surface area contributed by atoms with Gasteiger partial charge in [-0.1, -0.05) is 0 Å². The molecular formula is C12H17N3O3. The Bertz CT molecular complexity index is 450. The first kappa shape index (κ1) is 12.6. The summed E-state index contributed by atoms with van der Waals surface area (Å²) in [6.07, 6.45) is 1.92. The van der Waals surface area contributed by atoms with Crippen LogP contribution < -0.4 is 11.1 Å². The second-order valence-corrected chi connectivity index (χ2v) is 4.49. The van der Waals surface area contributed by atoms with Crippen molar-refractivity contribution in [3.8, 4) is 0 Å². The van der Waals surface area contributed by atoms with Gasteiger partial charge < -0.3 is 20.9 Å². The second-order valence-electron chi connectivity index (χ2n) is 4.49. The summed E-state index contributed by atoms with van der Waals surface area (Å²) in [4.78, 5) is 14.9. The Kier molecular flexibility index (Phi) is 3.66. The van der Waals surface area contributed by atoms with Crippen molar-refractivity contribution in [1.82, 2.24) is 4.98 Å². The molecule has 2 unspecified atom stereocenters. The van der Waals surface area contributed by atoms with E-state index < -0.39 is 5.97 Å². The molecule has 0 spiro atoms. The minimum Gasteiger partial charge on any atom is -0.477 e. The molecule has 1 aromatic rings. The predicted molar refractivity (Wildman–Crippen MR) is 67.7 cm³/mol. The topological polar surface area (TPSA) is 97.5 Å². The average Bonchev–Trinajstić information content (AvgIpc) is 2.31. The van der Waals surface area contributed by atoms with Gasteiger partial charge in [0.25, 0.3) is 0 Å². The minimum atomic E-state index is -1.06. The van der Waals surface area contributed by atoms with Crippen LogP contribution in [0, 0.1) is 0 Å². The van der Waals surface area contributed by atoms with Gasteiger partial charge in [-0.2, -0.15) is 0 Å². The van der Waals surface area contributed by atoms with Crippen LogP contribution in [0.5, 0.6) is 0 Å². The number of nitrogens with two attached hydrogens (primary N) is 1. The van der Waals surface area contributed by atoms with Crippen molar-refractivity contribution in [1.29, 1.82) is 0 Å². The van der Waals surface area contributed by atoms with E-state index in [4.69, 9.17) is 15.6 Å². The Morgan fingerprint density at radius 2 is 2.39 bits per heavy atom. The number of rotatable bonds is 3. The number of nitrogens with one attached hydrogen (secondary N) is 1. The second kappa shape index (κ2) is 5.22. The summed E-state index contributed by atoms with van der Waals surface area (Å²) >= 11 is 0. The van der Waals surface area contributed by atoms with Gasteiger partial charge in [-0.05, 0) is 31.9 Å². The first-order chi connectivity index (χ1) is 8.56. The highest BCUT2D eigenvalue weighted by Crippen LogP contribution is 2.21. The maximum absolute atomic E-state index is 10.9. The first-order valence-corrected chi connectivity index (χ1v) is 5.94. The summed E-state index contributed by atoms with van der Waals surface area (Å²) < 4.78 is 5.45. The molecular weight excluding hydrogens is 234 g/mol. The van der Waals surface area contributed by atoms with Gasteiger partial charge in [-0.25, -0.2) is 9.78 Å². The number of nitrogen functional groups attached to an aromatic ring is 1. The lowest BCUT2D eigenvalue weighted by Gasteiger charge is -2.28. The van der Waals surface area contributed by atoms with Gasteiger partial charge >= 0.3 is 5.97 Å². The largest absolute Gasteiger partial charge is 0.477 e. The van der Waals surface area contributed by atoms with Crippen LogP contribution in [0.15, 0.2) is 12.1 Å². The molecule has 6 nitrogen and oxygen atoms in total. The van der Waals surface area contributed by atoms with E-state index in [1.165, 1.54) is 6.07 Å². The molecule has 6 heteroatoms. The van der Waals surface area contributed by atoms with Crippen LogP contribution in [0.1, 0.15) is 30.3 Å². The fourth-order valence-corrected chi connectivity index (χ4v) is 2.03. The SMILES string of the molecule is CC1CC(Nc2nc(C(=O)O)ccc2N)CCO1. The highest BCUT2D eigenvalue weighted by Gasteiger charge is 2.20. The number of carbonyl (C=O) groups is 1. The predicted octanol–water partition coefficient (Wildman–Crippen LogP) is 1.34. The number of pyridine rings is 1. The van der Waals surface area contributed by atoms with Gasteiger partial charge in [-0.15, -0.1) is 0 Å². The van der Waals surface area contributed by atoms with Crippen LogP contribution >= 0.6 is 0 Å². The Hall–Kier alpha value is -1.82. The van der Waals surface area contributed by atoms with E-state index in [2.05, 4.69) is 10.3 Å². The molecule has 0 aliphatic carbocycles. The van der Waals surface area contributed by atoms with Crippen molar-refractivity contribution in [3.63, 3.8) is 0 Å². The lowest BCUT2D eigenvalue weighted by Crippen LogP contribution is -2.33. The molecule has 2 atom stereocenters. The van der Waals surface area contributed by atoms with Crippen molar-refractivity contribution < 1.29 is 14.6 Å². The number of nitrogens with zero attached hydrogens (tertiary/aromatic N) is 1. The Morgan fingerprint density at radius 3 is 3.06 bits per heavy atom. The summed E-state index contributed by atoms with van der Waals surface area (Å²) in [6, 6.07) is 3.17. The highest BCUT2D eigenvalue weighted by molar-refractivity contribution is 5.86. The molecule has 0 amide bonds. The number of aromatic nitrogens is 1. The Morgan fingerprint density at radius 1 is 1.61 bits per heavy atom. The van der Waals surface area contributed by atoms with Gasteiger partial charge in [-0.3, -0.25) is 0 Å². The number of hydrogen-bond acceptors (Lipinski definition) is 5. The number of carboxylic acid groups (broad SMARTS) is 1. The third-order valence-electron chi connectivity index (χ3n) is 2.97. The summed E-state index contributed by atoms with van der Waals surface area (Å²) in [5.74, 6) is -0.618. The van der Waals surface area contributed by atoms with Gasteiger partial charge in [0.05, 0.1) is 11.8 Å². The highest BCUT2D eigenvalue weighted by atomic mass is 16.5. The summed E-state index contributed by atoms with van der Waals surface area (Å²) in [5.41, 5.74) is 6.24. The van der Waals surface area contributed by atoms with Crippen LogP contribution in [-0.2, 0) is 4.74 Å². The van der Waals surface area contributed by atoms with Crippen molar-refractivity contribution >= 4 is 17.5 Å². The van der Waals surface area contributed by atoms with E-state index in [-0.39, 0.29) is 17.8 Å². The molecule has 1 aromatic heterocycles. The zero-order valence-corrected chi connectivity index (χ0v) is 10.2. The monoisotopic (exact) mass is 251 g/mol. The summed E-state index contributed by atoms with van der Waals surface area (Å²) in [7, 11) is 0. The van der Waals surface area contributed by atoms with E-state index in [0.29, 0.717) is 18.1 Å². The number of carboxylic acids is 1. The lowest BCUT2D eigenvalue weighted by molar-refractivity contribution is 0.0231. The molecule has 2 rings (SSSR count). The maximum Gasteiger partial charge on any atom is 0.354 e. The molecule has 0 bridgehead atoms. The lowest BCUT2D eigenvalue weighted by atomic mass is 10.0. The van der Waals surface area contributed by atoms with Crippen molar-refractivity contribution in [2.75, 3.05) is 17.7 Å². The summed E-state index contributed by atoms with van der Waals surface area (Å²) in [5, 5.41) is 12.1. The molecule has 1 fully saturated rings. The molecule has 1 aliphatic heterocycles. The Labute approximate surface area is 105 Å². The number of ether oxygens (including phenoxy) is 1. The zero-order chi connectivity index (χ0) is 13.1. The van der Waals surface area contributed by atoms with E-state index >= 15 is 0 Å². The molecule has 1 saturated heterocycles. The quantitative estimate of drug-likeness (QED) is 0.750. The minimum absolute atomic E-state index is 0.00759. The van der Waals surface area contributed by atoms with Crippen molar-refractivity contribution in [2.45, 2.75) is 31.9 Å². The smallest absolute Gasteiger partial charge is 0.354 e. The van der Waals surface area contributed by atoms with E-state index in [1.54, 1.807) is 6.07 Å². The van der Waals surface area contributed by atoms with Crippen LogP contribution in [0.25, 0.3) is 0 Å². The normalized spacial score (nSPS) is 23.6. The molecule has 18 heavy (non-hydrogen) atoms. The van der Waals surface area contributed by atoms with Gasteiger partial charge in [0, 0.05) is 12.6 Å². The van der Waals surface area contributed by atoms with E-state index in [1.807, 2.05) is 6.92 Å². The molecule has 98 valence electrons. The van der Waals surface area contributed by atoms with Gasteiger partial charge in [0.2, 0.25) is 0 Å². The van der Waals surface area contributed by atoms with Crippen LogP contribution in [0.3, 0.4) is 0 Å². The molecule has 0 aromatic carbocycles. The van der Waals surface area contributed by atoms with E-state index in [9.17, 15) is 4.79 Å². The van der Waals surface area contributed by atoms with Gasteiger partial charge in [0.1, 0.15) is 5.82 Å².